The van der Waals surface area contributed by atoms with Crippen molar-refractivity contribution in [3.8, 4) is 5.75 Å². The summed E-state index contributed by atoms with van der Waals surface area (Å²) in [4.78, 5) is 17.8. The molecule has 0 amide bonds. The summed E-state index contributed by atoms with van der Waals surface area (Å²) in [5.41, 5.74) is 2.17. The number of sulfone groups is 1. The number of fused-ring (bicyclic) bond motifs is 1. The monoisotopic (exact) mass is 540 g/mol. The maximum absolute atomic E-state index is 13.7. The summed E-state index contributed by atoms with van der Waals surface area (Å²) in [5, 5.41) is 0. The minimum Gasteiger partial charge on any atom is -0.480 e. The summed E-state index contributed by atoms with van der Waals surface area (Å²) in [6.45, 7) is 7.80. The molecule has 0 aliphatic heterocycles. The fourth-order valence-electron chi connectivity index (χ4n) is 4.44. The zero-order valence-corrected chi connectivity index (χ0v) is 22.6. The summed E-state index contributed by atoms with van der Waals surface area (Å²) in [6.07, 6.45) is 0.391. The predicted molar refractivity (Wildman–Crippen MR) is 142 cm³/mol. The van der Waals surface area contributed by atoms with E-state index in [0.29, 0.717) is 17.9 Å². The largest absolute Gasteiger partial charge is 0.480 e. The molecule has 3 aromatic carbocycles. The highest BCUT2D eigenvalue weighted by Crippen LogP contribution is 2.31. The van der Waals surface area contributed by atoms with Gasteiger partial charge in [-0.1, -0.05) is 25.1 Å². The first-order chi connectivity index (χ1) is 17.9. The number of benzene rings is 3. The van der Waals surface area contributed by atoms with E-state index in [1.54, 1.807) is 19.1 Å². The third-order valence-corrected chi connectivity index (χ3v) is 8.15. The third kappa shape index (κ3) is 5.78. The Bertz CT molecular complexity index is 1590. The quantitative estimate of drug-likeness (QED) is 0.254. The summed E-state index contributed by atoms with van der Waals surface area (Å²) in [5.74, 6) is -1.11. The number of halogens is 2. The molecule has 0 N–H and O–H groups in total. The molecule has 0 bridgehead atoms. The number of rotatable bonds is 10. The van der Waals surface area contributed by atoms with Crippen LogP contribution in [0, 0.1) is 11.6 Å². The van der Waals surface area contributed by atoms with Crippen LogP contribution in [0.15, 0.2) is 65.6 Å². The number of imidazole rings is 1. The van der Waals surface area contributed by atoms with E-state index in [2.05, 4.69) is 0 Å². The van der Waals surface area contributed by atoms with Crippen molar-refractivity contribution in [3.63, 3.8) is 0 Å². The summed E-state index contributed by atoms with van der Waals surface area (Å²) >= 11 is 0. The van der Waals surface area contributed by atoms with Crippen LogP contribution in [-0.4, -0.2) is 29.5 Å². The van der Waals surface area contributed by atoms with Crippen molar-refractivity contribution >= 4 is 26.7 Å². The molecule has 1 heterocycles. The molecule has 0 aliphatic carbocycles. The Kier molecular flexibility index (Phi) is 7.69. The van der Waals surface area contributed by atoms with E-state index in [0.717, 1.165) is 28.8 Å². The Balaban J connectivity index is 1.53. The number of Topliss-reactive ketones (excluding diaryl/α,β-unsaturated/α-hetero) is 1. The number of carbonyl (C=O) groups is 1. The van der Waals surface area contributed by atoms with Crippen molar-refractivity contribution in [1.82, 2.24) is 9.55 Å². The first kappa shape index (κ1) is 27.4. The molecule has 200 valence electrons. The van der Waals surface area contributed by atoms with Crippen molar-refractivity contribution in [2.24, 2.45) is 0 Å². The van der Waals surface area contributed by atoms with Gasteiger partial charge in [-0.2, -0.15) is 0 Å². The molecule has 9 heteroatoms. The highest BCUT2D eigenvalue weighted by Gasteiger charge is 2.30. The van der Waals surface area contributed by atoms with Crippen molar-refractivity contribution < 1.29 is 26.7 Å². The first-order valence-electron chi connectivity index (χ1n) is 12.4. The molecule has 0 atom stereocenters. The molecule has 6 nitrogen and oxygen atoms in total. The Morgan fingerprint density at radius 3 is 2.21 bits per heavy atom. The van der Waals surface area contributed by atoms with Gasteiger partial charge in [0.15, 0.2) is 32.9 Å². The van der Waals surface area contributed by atoms with Gasteiger partial charge in [-0.15, -0.1) is 0 Å². The maximum atomic E-state index is 13.7. The van der Waals surface area contributed by atoms with Crippen LogP contribution < -0.4 is 4.74 Å². The van der Waals surface area contributed by atoms with Gasteiger partial charge in [0.25, 0.3) is 0 Å². The van der Waals surface area contributed by atoms with Gasteiger partial charge in [0.05, 0.1) is 21.7 Å². The van der Waals surface area contributed by atoms with Gasteiger partial charge in [0.1, 0.15) is 11.5 Å². The van der Waals surface area contributed by atoms with Crippen molar-refractivity contribution in [2.45, 2.75) is 57.6 Å². The number of aromatic nitrogens is 2. The SMILES string of the molecule is CCn1c(C(C)(C)Oc2ccc(F)c(F)c2)nc2cc(CC(=O)Cc3ccc(S(=O)(=O)CC)cc3)ccc21. The number of carbonyl (C=O) groups excluding carboxylic acids is 1. The van der Waals surface area contributed by atoms with Gasteiger partial charge >= 0.3 is 0 Å². The number of ether oxygens (including phenoxy) is 1. The smallest absolute Gasteiger partial charge is 0.178 e. The van der Waals surface area contributed by atoms with E-state index in [9.17, 15) is 22.0 Å². The van der Waals surface area contributed by atoms with E-state index in [4.69, 9.17) is 9.72 Å². The third-order valence-electron chi connectivity index (χ3n) is 6.40. The predicted octanol–water partition coefficient (Wildman–Crippen LogP) is 5.80. The number of hydrogen-bond acceptors (Lipinski definition) is 5. The van der Waals surface area contributed by atoms with Crippen molar-refractivity contribution in [1.29, 1.82) is 0 Å². The Morgan fingerprint density at radius 1 is 0.921 bits per heavy atom. The second kappa shape index (κ2) is 10.6. The van der Waals surface area contributed by atoms with E-state index in [-0.39, 0.29) is 35.0 Å². The Morgan fingerprint density at radius 2 is 1.58 bits per heavy atom. The van der Waals surface area contributed by atoms with E-state index in [1.807, 2.05) is 43.5 Å². The average Bonchev–Trinajstić information content (AvgIpc) is 3.25. The fourth-order valence-corrected chi connectivity index (χ4v) is 5.33. The molecule has 0 radical (unpaired) electrons. The lowest BCUT2D eigenvalue weighted by Crippen LogP contribution is -2.29. The topological polar surface area (TPSA) is 78.3 Å². The maximum Gasteiger partial charge on any atom is 0.178 e. The van der Waals surface area contributed by atoms with Crippen LogP contribution in [0.3, 0.4) is 0 Å². The molecule has 0 unspecified atom stereocenters. The Labute approximate surface area is 221 Å². The van der Waals surface area contributed by atoms with Crippen LogP contribution in [0.2, 0.25) is 0 Å². The van der Waals surface area contributed by atoms with Gasteiger partial charge in [0, 0.05) is 25.5 Å². The molecule has 1 aromatic heterocycles. The van der Waals surface area contributed by atoms with Gasteiger partial charge in [0.2, 0.25) is 0 Å². The van der Waals surface area contributed by atoms with Gasteiger partial charge < -0.3 is 9.30 Å². The minimum atomic E-state index is -3.28. The second-order valence-electron chi connectivity index (χ2n) is 9.63. The normalized spacial score (nSPS) is 12.2. The molecule has 38 heavy (non-hydrogen) atoms. The second-order valence-corrected chi connectivity index (χ2v) is 11.9. The van der Waals surface area contributed by atoms with Crippen molar-refractivity contribution in [3.05, 3.63) is 89.2 Å². The first-order valence-corrected chi connectivity index (χ1v) is 14.1. The van der Waals surface area contributed by atoms with Gasteiger partial charge in [-0.25, -0.2) is 22.2 Å². The standard InChI is InChI=1S/C29H30F2N2O4S/c1-5-33-27-14-9-20(16-21(34)15-19-7-11-23(12-8-19)38(35,36)6-2)17-26(27)32-28(33)29(3,4)37-22-10-13-24(30)25(31)18-22/h7-14,17-18H,5-6,15-16H2,1-4H3. The number of aryl methyl sites for hydroxylation is 1. The zero-order valence-electron chi connectivity index (χ0n) is 21.8. The van der Waals surface area contributed by atoms with Crippen LogP contribution in [0.5, 0.6) is 5.75 Å². The number of hydrogen-bond donors (Lipinski definition) is 0. The molecule has 0 fully saturated rings. The van der Waals surface area contributed by atoms with Crippen LogP contribution in [0.25, 0.3) is 11.0 Å². The van der Waals surface area contributed by atoms with Gasteiger partial charge in [-0.3, -0.25) is 4.79 Å². The number of ketones is 1. The van der Waals surface area contributed by atoms with E-state index in [1.165, 1.54) is 18.2 Å². The van der Waals surface area contributed by atoms with Crippen LogP contribution in [0.1, 0.15) is 44.6 Å². The summed E-state index contributed by atoms with van der Waals surface area (Å²) < 4.78 is 59.1. The molecule has 0 saturated heterocycles. The van der Waals surface area contributed by atoms with E-state index < -0.39 is 27.1 Å². The average molecular weight is 541 g/mol. The summed E-state index contributed by atoms with van der Waals surface area (Å²) in [7, 11) is -3.28. The van der Waals surface area contributed by atoms with Gasteiger partial charge in [-0.05, 0) is 68.3 Å². The highest BCUT2D eigenvalue weighted by atomic mass is 32.2. The lowest BCUT2D eigenvalue weighted by atomic mass is 10.0. The Hall–Kier alpha value is -3.59. The molecular formula is C29H30F2N2O4S. The van der Waals surface area contributed by atoms with E-state index >= 15 is 0 Å². The molecule has 0 saturated carbocycles. The van der Waals surface area contributed by atoms with Crippen LogP contribution >= 0.6 is 0 Å². The van der Waals surface area contributed by atoms with Crippen LogP contribution in [-0.2, 0) is 39.6 Å². The highest BCUT2D eigenvalue weighted by molar-refractivity contribution is 7.91. The summed E-state index contributed by atoms with van der Waals surface area (Å²) in [6, 6.07) is 15.5. The zero-order chi connectivity index (χ0) is 27.7. The van der Waals surface area contributed by atoms with Crippen molar-refractivity contribution in [2.75, 3.05) is 5.75 Å². The van der Waals surface area contributed by atoms with Crippen LogP contribution in [0.4, 0.5) is 8.78 Å². The molecule has 4 rings (SSSR count). The number of nitrogens with zero attached hydrogens (tertiary/aromatic N) is 2. The molecule has 0 aliphatic rings. The lowest BCUT2D eigenvalue weighted by Gasteiger charge is -2.26. The molecule has 4 aromatic rings. The molecule has 0 spiro atoms. The molecular weight excluding hydrogens is 510 g/mol. The minimum absolute atomic E-state index is 0.00686. The fraction of sp³-hybridized carbons (Fsp3) is 0.310. The lowest BCUT2D eigenvalue weighted by molar-refractivity contribution is -0.117.